The van der Waals surface area contributed by atoms with Crippen LogP contribution in [0.2, 0.25) is 0 Å². The Morgan fingerprint density at radius 2 is 1.54 bits per heavy atom. The van der Waals surface area contributed by atoms with E-state index < -0.39 is 0 Å². The normalized spacial score (nSPS) is 17.4. The predicted octanol–water partition coefficient (Wildman–Crippen LogP) is 2.42. The van der Waals surface area contributed by atoms with Gasteiger partial charge in [0.25, 0.3) is 0 Å². The van der Waals surface area contributed by atoms with Crippen LogP contribution in [0.15, 0.2) is 54.6 Å². The number of carbonyl (C=O) groups is 2. The van der Waals surface area contributed by atoms with E-state index >= 15 is 0 Å². The third-order valence-electron chi connectivity index (χ3n) is 5.31. The Morgan fingerprint density at radius 1 is 0.857 bits per heavy atom. The van der Waals surface area contributed by atoms with Gasteiger partial charge in [0.1, 0.15) is 12.4 Å². The van der Waals surface area contributed by atoms with Crippen molar-refractivity contribution in [3.63, 3.8) is 0 Å². The fourth-order valence-electron chi connectivity index (χ4n) is 3.75. The van der Waals surface area contributed by atoms with E-state index in [0.29, 0.717) is 45.0 Å². The summed E-state index contributed by atoms with van der Waals surface area (Å²) in [4.78, 5) is 32.3. The van der Waals surface area contributed by atoms with E-state index in [1.165, 1.54) is 6.07 Å². The molecular formula is C21H23FN4O2. The lowest BCUT2D eigenvalue weighted by atomic mass is 10.2. The second-order valence-corrected chi connectivity index (χ2v) is 7.01. The average Bonchev–Trinajstić information content (AvgIpc) is 3.09. The third kappa shape index (κ3) is 3.65. The lowest BCUT2D eigenvalue weighted by molar-refractivity contribution is -0.131. The summed E-state index contributed by atoms with van der Waals surface area (Å²) < 4.78 is 13.9. The molecule has 0 aliphatic carbocycles. The highest BCUT2D eigenvalue weighted by Crippen LogP contribution is 2.21. The number of hydrogen-bond acceptors (Lipinski definition) is 3. The van der Waals surface area contributed by atoms with Crippen molar-refractivity contribution in [1.29, 1.82) is 0 Å². The highest BCUT2D eigenvalue weighted by molar-refractivity contribution is 5.96. The highest BCUT2D eigenvalue weighted by atomic mass is 19.1. The number of carbonyl (C=O) groups excluding carboxylic acids is 2. The molecule has 7 heteroatoms. The summed E-state index contributed by atoms with van der Waals surface area (Å²) in [5, 5.41) is 0. The van der Waals surface area contributed by atoms with Gasteiger partial charge >= 0.3 is 6.03 Å². The van der Waals surface area contributed by atoms with Gasteiger partial charge in [0, 0.05) is 45.0 Å². The van der Waals surface area contributed by atoms with Crippen LogP contribution in [0, 0.1) is 5.82 Å². The minimum atomic E-state index is -0.244. The largest absolute Gasteiger partial charge is 0.366 e. The summed E-state index contributed by atoms with van der Waals surface area (Å²) in [6.45, 7) is 3.41. The first-order chi connectivity index (χ1) is 13.6. The second kappa shape index (κ2) is 7.88. The Kier molecular flexibility index (Phi) is 5.14. The number of halogens is 1. The highest BCUT2D eigenvalue weighted by Gasteiger charge is 2.32. The smallest absolute Gasteiger partial charge is 0.325 e. The van der Waals surface area contributed by atoms with Crippen molar-refractivity contribution in [2.24, 2.45) is 0 Å². The quantitative estimate of drug-likeness (QED) is 0.816. The second-order valence-electron chi connectivity index (χ2n) is 7.01. The van der Waals surface area contributed by atoms with E-state index in [9.17, 15) is 14.0 Å². The first-order valence-electron chi connectivity index (χ1n) is 9.52. The van der Waals surface area contributed by atoms with E-state index in [2.05, 4.69) is 0 Å². The number of hydrogen-bond donors (Lipinski definition) is 0. The standard InChI is InChI=1S/C21H23FN4O2/c22-18-8-4-5-9-19(18)23-10-12-24(13-11-23)20(27)16-25-14-15-26(21(25)28)17-6-2-1-3-7-17/h1-9H,10-16H2. The number of piperazine rings is 1. The van der Waals surface area contributed by atoms with E-state index in [0.717, 1.165) is 5.69 Å². The van der Waals surface area contributed by atoms with Gasteiger partial charge in [-0.25, -0.2) is 9.18 Å². The minimum Gasteiger partial charge on any atom is -0.366 e. The number of nitrogens with zero attached hydrogens (tertiary/aromatic N) is 4. The van der Waals surface area contributed by atoms with Crippen molar-refractivity contribution in [1.82, 2.24) is 9.80 Å². The molecule has 0 atom stereocenters. The fourth-order valence-corrected chi connectivity index (χ4v) is 3.75. The molecule has 4 rings (SSSR count). The number of anilines is 2. The SMILES string of the molecule is O=C(CN1CCN(c2ccccc2)C1=O)N1CCN(c2ccccc2F)CC1. The van der Waals surface area contributed by atoms with Crippen LogP contribution in [-0.4, -0.2) is 67.6 Å². The molecule has 0 bridgehead atoms. The van der Waals surface area contributed by atoms with Crippen LogP contribution in [0.1, 0.15) is 0 Å². The Bertz CT molecular complexity index is 852. The average molecular weight is 382 g/mol. The number of para-hydroxylation sites is 2. The van der Waals surface area contributed by atoms with Gasteiger partial charge in [-0.15, -0.1) is 0 Å². The molecular weight excluding hydrogens is 359 g/mol. The molecule has 2 heterocycles. The zero-order chi connectivity index (χ0) is 19.5. The molecule has 2 aromatic carbocycles. The fraction of sp³-hybridized carbons (Fsp3) is 0.333. The van der Waals surface area contributed by atoms with E-state index in [4.69, 9.17) is 0 Å². The van der Waals surface area contributed by atoms with Crippen molar-refractivity contribution in [3.8, 4) is 0 Å². The molecule has 0 radical (unpaired) electrons. The molecule has 2 aliphatic rings. The molecule has 2 aromatic rings. The summed E-state index contributed by atoms with van der Waals surface area (Å²) in [6, 6.07) is 16.0. The van der Waals surface area contributed by atoms with Crippen LogP contribution in [-0.2, 0) is 4.79 Å². The summed E-state index contributed by atoms with van der Waals surface area (Å²) in [5.41, 5.74) is 1.42. The van der Waals surface area contributed by atoms with E-state index in [1.807, 2.05) is 41.3 Å². The molecule has 6 nitrogen and oxygen atoms in total. The van der Waals surface area contributed by atoms with Gasteiger partial charge in [-0.1, -0.05) is 30.3 Å². The van der Waals surface area contributed by atoms with Gasteiger partial charge in [-0.3, -0.25) is 9.69 Å². The van der Waals surface area contributed by atoms with Crippen LogP contribution in [0.3, 0.4) is 0 Å². The monoisotopic (exact) mass is 382 g/mol. The molecule has 0 saturated carbocycles. The molecule has 2 saturated heterocycles. The van der Waals surface area contributed by atoms with Crippen molar-refractivity contribution in [3.05, 3.63) is 60.4 Å². The maximum atomic E-state index is 13.9. The van der Waals surface area contributed by atoms with Gasteiger partial charge < -0.3 is 14.7 Å². The summed E-state index contributed by atoms with van der Waals surface area (Å²) in [5.74, 6) is -0.303. The Morgan fingerprint density at radius 3 is 2.25 bits per heavy atom. The summed E-state index contributed by atoms with van der Waals surface area (Å²) in [6.07, 6.45) is 0. The summed E-state index contributed by atoms with van der Waals surface area (Å²) >= 11 is 0. The van der Waals surface area contributed by atoms with Crippen molar-refractivity contribution >= 4 is 23.3 Å². The van der Waals surface area contributed by atoms with Crippen molar-refractivity contribution < 1.29 is 14.0 Å². The summed E-state index contributed by atoms with van der Waals surface area (Å²) in [7, 11) is 0. The van der Waals surface area contributed by atoms with E-state index in [-0.39, 0.29) is 24.3 Å². The number of benzene rings is 2. The first-order valence-corrected chi connectivity index (χ1v) is 9.52. The first kappa shape index (κ1) is 18.3. The van der Waals surface area contributed by atoms with Gasteiger partial charge in [0.05, 0.1) is 5.69 Å². The Balaban J connectivity index is 1.32. The lowest BCUT2D eigenvalue weighted by Crippen LogP contribution is -2.51. The van der Waals surface area contributed by atoms with Crippen LogP contribution in [0.25, 0.3) is 0 Å². The molecule has 0 aromatic heterocycles. The zero-order valence-electron chi connectivity index (χ0n) is 15.6. The molecule has 0 spiro atoms. The predicted molar refractivity (Wildman–Crippen MR) is 106 cm³/mol. The molecule has 28 heavy (non-hydrogen) atoms. The maximum absolute atomic E-state index is 13.9. The number of amides is 3. The van der Waals surface area contributed by atoms with Crippen LogP contribution >= 0.6 is 0 Å². The molecule has 2 fully saturated rings. The van der Waals surface area contributed by atoms with Crippen LogP contribution in [0.5, 0.6) is 0 Å². The molecule has 3 amide bonds. The molecule has 0 unspecified atom stereocenters. The Hall–Kier alpha value is -3.09. The van der Waals surface area contributed by atoms with Crippen LogP contribution in [0.4, 0.5) is 20.6 Å². The third-order valence-corrected chi connectivity index (χ3v) is 5.31. The van der Waals surface area contributed by atoms with E-state index in [1.54, 1.807) is 26.8 Å². The molecule has 0 N–H and O–H groups in total. The number of urea groups is 1. The van der Waals surface area contributed by atoms with Crippen molar-refractivity contribution in [2.75, 3.05) is 55.6 Å². The van der Waals surface area contributed by atoms with Crippen LogP contribution < -0.4 is 9.80 Å². The van der Waals surface area contributed by atoms with Gasteiger partial charge in [0.15, 0.2) is 0 Å². The molecule has 146 valence electrons. The van der Waals surface area contributed by atoms with Gasteiger partial charge in [-0.05, 0) is 24.3 Å². The van der Waals surface area contributed by atoms with Crippen molar-refractivity contribution in [2.45, 2.75) is 0 Å². The lowest BCUT2D eigenvalue weighted by Gasteiger charge is -2.36. The topological polar surface area (TPSA) is 47.1 Å². The Labute approximate surface area is 163 Å². The zero-order valence-corrected chi connectivity index (χ0v) is 15.6. The van der Waals surface area contributed by atoms with Gasteiger partial charge in [-0.2, -0.15) is 0 Å². The molecule has 2 aliphatic heterocycles. The number of rotatable bonds is 4. The minimum absolute atomic E-state index is 0.0588. The van der Waals surface area contributed by atoms with Gasteiger partial charge in [0.2, 0.25) is 5.91 Å². The maximum Gasteiger partial charge on any atom is 0.325 e.